The first-order valence-electron chi connectivity index (χ1n) is 17.6. The summed E-state index contributed by atoms with van der Waals surface area (Å²) in [6.45, 7) is 8.78. The van der Waals surface area contributed by atoms with Crippen molar-refractivity contribution in [2.45, 2.75) is 83.6 Å². The van der Waals surface area contributed by atoms with Crippen LogP contribution in [0.2, 0.25) is 0 Å². The Hall–Kier alpha value is -4.63. The molecule has 50 heavy (non-hydrogen) atoms. The van der Waals surface area contributed by atoms with Crippen molar-refractivity contribution in [2.24, 2.45) is 5.92 Å². The Morgan fingerprint density at radius 3 is 2.20 bits per heavy atom. The molecule has 6 rings (SSSR count). The van der Waals surface area contributed by atoms with Gasteiger partial charge < -0.3 is 15.3 Å². The Bertz CT molecular complexity index is 1850. The van der Waals surface area contributed by atoms with E-state index in [9.17, 15) is 19.5 Å². The minimum Gasteiger partial charge on any atom is -0.481 e. The minimum absolute atomic E-state index is 0.0915. The van der Waals surface area contributed by atoms with Gasteiger partial charge in [-0.1, -0.05) is 88.7 Å². The maximum Gasteiger partial charge on any atom is 0.310 e. The molecule has 1 fully saturated rings. The largest absolute Gasteiger partial charge is 0.481 e. The lowest BCUT2D eigenvalue weighted by atomic mass is 9.83. The number of carbonyl (C=O) groups excluding carboxylic acids is 2. The fourth-order valence-electron chi connectivity index (χ4n) is 6.64. The predicted molar refractivity (Wildman–Crippen MR) is 198 cm³/mol. The van der Waals surface area contributed by atoms with Crippen LogP contribution in [-0.2, 0) is 27.8 Å². The zero-order valence-electron chi connectivity index (χ0n) is 29.3. The maximum absolute atomic E-state index is 13.5. The van der Waals surface area contributed by atoms with E-state index in [2.05, 4.69) is 73.3 Å². The number of carbonyl (C=O) groups is 3. The Morgan fingerprint density at radius 1 is 0.940 bits per heavy atom. The van der Waals surface area contributed by atoms with Crippen LogP contribution in [0.15, 0.2) is 79.1 Å². The Balaban J connectivity index is 1.10. The SMILES string of the molecule is CCCc1ccc(C2CC=C(c3cnc(-c4ccc(CC(NC(=O)c5ccc(C(C)(C)C)s5)C(=O)N5CC(C(=O)O)C5)cc4)nc3)CC2)cc1. The van der Waals surface area contributed by atoms with E-state index in [1.165, 1.54) is 32.9 Å². The summed E-state index contributed by atoms with van der Waals surface area (Å²) in [5, 5.41) is 12.3. The Kier molecular flexibility index (Phi) is 10.6. The highest BCUT2D eigenvalue weighted by atomic mass is 32.1. The van der Waals surface area contributed by atoms with E-state index in [0.29, 0.717) is 16.6 Å². The number of nitrogens with one attached hydrogen (secondary N) is 1. The summed E-state index contributed by atoms with van der Waals surface area (Å²) in [4.78, 5) is 50.7. The second-order valence-electron chi connectivity index (χ2n) is 14.6. The second-order valence-corrected chi connectivity index (χ2v) is 15.7. The molecule has 0 spiro atoms. The van der Waals surface area contributed by atoms with E-state index in [1.54, 1.807) is 6.07 Å². The van der Waals surface area contributed by atoms with Crippen LogP contribution in [0.3, 0.4) is 0 Å². The minimum atomic E-state index is -0.915. The highest BCUT2D eigenvalue weighted by Gasteiger charge is 2.39. The van der Waals surface area contributed by atoms with Gasteiger partial charge in [-0.25, -0.2) is 9.97 Å². The maximum atomic E-state index is 13.5. The Labute approximate surface area is 298 Å². The van der Waals surface area contributed by atoms with E-state index < -0.39 is 17.9 Å². The number of carboxylic acid groups (broad SMARTS) is 1. The number of aliphatic carboxylic acids is 1. The van der Waals surface area contributed by atoms with Crippen LogP contribution in [0.5, 0.6) is 0 Å². The van der Waals surface area contributed by atoms with Crippen molar-refractivity contribution < 1.29 is 19.5 Å². The number of nitrogens with zero attached hydrogens (tertiary/aromatic N) is 3. The lowest BCUT2D eigenvalue weighted by Gasteiger charge is -2.38. The first-order chi connectivity index (χ1) is 24.0. The number of benzene rings is 2. The van der Waals surface area contributed by atoms with Crippen molar-refractivity contribution in [1.29, 1.82) is 0 Å². The van der Waals surface area contributed by atoms with Gasteiger partial charge in [0.2, 0.25) is 5.91 Å². The first-order valence-corrected chi connectivity index (χ1v) is 18.4. The smallest absolute Gasteiger partial charge is 0.310 e. The molecular weight excluding hydrogens is 645 g/mol. The quantitative estimate of drug-likeness (QED) is 0.167. The molecule has 2 atom stereocenters. The van der Waals surface area contributed by atoms with E-state index >= 15 is 0 Å². The summed E-state index contributed by atoms with van der Waals surface area (Å²) >= 11 is 1.42. The van der Waals surface area contributed by atoms with Gasteiger partial charge >= 0.3 is 5.97 Å². The van der Waals surface area contributed by atoms with Crippen molar-refractivity contribution in [1.82, 2.24) is 20.2 Å². The van der Waals surface area contributed by atoms with E-state index in [-0.39, 0.29) is 36.7 Å². The molecule has 2 amide bonds. The fourth-order valence-corrected chi connectivity index (χ4v) is 7.61. The lowest BCUT2D eigenvalue weighted by Crippen LogP contribution is -2.59. The highest BCUT2D eigenvalue weighted by molar-refractivity contribution is 7.14. The number of carboxylic acids is 1. The van der Waals surface area contributed by atoms with Gasteiger partial charge in [-0.2, -0.15) is 0 Å². The van der Waals surface area contributed by atoms with E-state index in [4.69, 9.17) is 0 Å². The third-order valence-corrected chi connectivity index (χ3v) is 11.3. The summed E-state index contributed by atoms with van der Waals surface area (Å²) < 4.78 is 0. The fraction of sp³-hybridized carbons (Fsp3) is 0.390. The van der Waals surface area contributed by atoms with Crippen molar-refractivity contribution in [3.8, 4) is 11.4 Å². The Morgan fingerprint density at radius 2 is 1.62 bits per heavy atom. The van der Waals surface area contributed by atoms with E-state index in [0.717, 1.165) is 53.7 Å². The van der Waals surface area contributed by atoms with Crippen LogP contribution in [0.1, 0.15) is 96.1 Å². The third kappa shape index (κ3) is 8.21. The number of hydrogen-bond donors (Lipinski definition) is 2. The van der Waals surface area contributed by atoms with Crippen LogP contribution in [0, 0.1) is 5.92 Å². The van der Waals surface area contributed by atoms with Crippen LogP contribution in [-0.4, -0.2) is 56.9 Å². The molecule has 2 N–H and O–H groups in total. The zero-order valence-corrected chi connectivity index (χ0v) is 30.1. The predicted octanol–water partition coefficient (Wildman–Crippen LogP) is 7.69. The zero-order chi connectivity index (χ0) is 35.4. The number of aryl methyl sites for hydroxylation is 1. The van der Waals surface area contributed by atoms with Gasteiger partial charge in [0, 0.05) is 47.9 Å². The highest BCUT2D eigenvalue weighted by Crippen LogP contribution is 2.36. The van der Waals surface area contributed by atoms with Gasteiger partial charge in [-0.3, -0.25) is 14.4 Å². The third-order valence-electron chi connectivity index (χ3n) is 9.79. The molecule has 3 heterocycles. The molecule has 0 saturated carbocycles. The molecule has 1 saturated heterocycles. The van der Waals surface area contributed by atoms with Crippen molar-refractivity contribution in [3.05, 3.63) is 111 Å². The summed E-state index contributed by atoms with van der Waals surface area (Å²) in [7, 11) is 0. The van der Waals surface area contributed by atoms with Crippen molar-refractivity contribution >= 4 is 34.7 Å². The van der Waals surface area contributed by atoms with Gasteiger partial charge in [-0.15, -0.1) is 11.3 Å². The van der Waals surface area contributed by atoms with Gasteiger partial charge in [0.05, 0.1) is 10.8 Å². The van der Waals surface area contributed by atoms with Crippen LogP contribution in [0.25, 0.3) is 17.0 Å². The molecule has 0 bridgehead atoms. The van der Waals surface area contributed by atoms with Crippen molar-refractivity contribution in [2.75, 3.05) is 13.1 Å². The molecular formula is C41H46N4O4S. The number of likely N-dealkylation sites (tertiary alicyclic amines) is 1. The molecule has 1 aliphatic carbocycles. The van der Waals surface area contributed by atoms with Crippen LogP contribution in [0.4, 0.5) is 0 Å². The molecule has 2 unspecified atom stereocenters. The van der Waals surface area contributed by atoms with Crippen LogP contribution < -0.4 is 5.32 Å². The number of thiophene rings is 1. The van der Waals surface area contributed by atoms with Gasteiger partial charge in [0.15, 0.2) is 5.82 Å². The molecule has 2 aromatic carbocycles. The molecule has 4 aromatic rings. The van der Waals surface area contributed by atoms with Gasteiger partial charge in [0.25, 0.3) is 5.91 Å². The lowest BCUT2D eigenvalue weighted by molar-refractivity contribution is -0.153. The molecule has 260 valence electrons. The standard InChI is InChI=1S/C41H46N4O4S/c1-5-6-26-7-11-28(12-8-26)29-15-17-30(18-16-29)32-22-42-37(43-23-32)31-13-9-27(10-14-31)21-34(39(47)45-24-33(25-45)40(48)49)44-38(46)35-19-20-36(50-35)41(2,3)4/h7-14,17,19-20,22-23,29,33-34H,5-6,15-16,18,21,24-25H2,1-4H3,(H,44,46)(H,48,49). The number of hydrogen-bond acceptors (Lipinski definition) is 6. The second kappa shape index (κ2) is 15.1. The first kappa shape index (κ1) is 35.2. The average Bonchev–Trinajstić information content (AvgIpc) is 3.60. The number of allylic oxidation sites excluding steroid dienone is 2. The number of rotatable bonds is 11. The summed E-state index contributed by atoms with van der Waals surface area (Å²) in [6, 6.07) is 19.8. The average molecular weight is 691 g/mol. The number of aromatic nitrogens is 2. The molecule has 2 aliphatic rings. The topological polar surface area (TPSA) is 112 Å². The normalized spacial score (nSPS) is 17.1. The van der Waals surface area contributed by atoms with Gasteiger partial charge in [-0.05, 0) is 71.4 Å². The van der Waals surface area contributed by atoms with Crippen molar-refractivity contribution in [3.63, 3.8) is 0 Å². The molecule has 2 aromatic heterocycles. The molecule has 0 radical (unpaired) electrons. The molecule has 8 nitrogen and oxygen atoms in total. The van der Waals surface area contributed by atoms with E-state index in [1.807, 2.05) is 42.7 Å². The molecule has 9 heteroatoms. The summed E-state index contributed by atoms with van der Waals surface area (Å²) in [5.74, 6) is -0.918. The van der Waals surface area contributed by atoms with Gasteiger partial charge in [0.1, 0.15) is 6.04 Å². The summed E-state index contributed by atoms with van der Waals surface area (Å²) in [5.41, 5.74) is 6.79. The van der Waals surface area contributed by atoms with Crippen LogP contribution >= 0.6 is 11.3 Å². The number of amides is 2. The summed E-state index contributed by atoms with van der Waals surface area (Å²) in [6.07, 6.45) is 11.8. The molecule has 1 aliphatic heterocycles. The monoisotopic (exact) mass is 690 g/mol.